The number of aliphatic hydroxyl groups excluding tert-OH is 2. The molecule has 1 fully saturated rings. The molecule has 1 amide bonds. The molecular weight excluding hydrogens is 408 g/mol. The number of para-hydroxylation sites is 1. The van der Waals surface area contributed by atoms with Crippen LogP contribution in [-0.2, 0) is 26.0 Å². The number of amides is 1. The summed E-state index contributed by atoms with van der Waals surface area (Å²) < 4.78 is 32.8. The lowest BCUT2D eigenvalue weighted by Gasteiger charge is -2.21. The molecule has 0 saturated carbocycles. The van der Waals surface area contributed by atoms with Crippen LogP contribution < -0.4 is 9.62 Å². The molecule has 0 aliphatic carbocycles. The van der Waals surface area contributed by atoms with Crippen LogP contribution in [0.1, 0.15) is 12.0 Å². The van der Waals surface area contributed by atoms with Crippen molar-refractivity contribution in [2.24, 2.45) is 0 Å². The average molecular weight is 432 g/mol. The Morgan fingerprint density at radius 1 is 1.03 bits per heavy atom. The first-order valence-corrected chi connectivity index (χ1v) is 11.3. The van der Waals surface area contributed by atoms with Gasteiger partial charge in [0.15, 0.2) is 0 Å². The number of hydrogen-bond donors (Lipinski definition) is 3. The van der Waals surface area contributed by atoms with E-state index < -0.39 is 34.4 Å². The van der Waals surface area contributed by atoms with E-state index in [0.717, 1.165) is 17.7 Å². The Kier molecular flexibility index (Phi) is 5.90. The van der Waals surface area contributed by atoms with Gasteiger partial charge in [-0.1, -0.05) is 36.4 Å². The van der Waals surface area contributed by atoms with Gasteiger partial charge in [-0.3, -0.25) is 4.79 Å². The summed E-state index contributed by atoms with van der Waals surface area (Å²) in [5.41, 5.74) is 1.94. The molecule has 2 heterocycles. The monoisotopic (exact) mass is 432 g/mol. The van der Waals surface area contributed by atoms with Crippen LogP contribution in [0, 0.1) is 0 Å². The Balaban J connectivity index is 1.37. The van der Waals surface area contributed by atoms with Gasteiger partial charge >= 0.3 is 0 Å². The van der Waals surface area contributed by atoms with E-state index in [1.807, 2.05) is 24.3 Å². The van der Waals surface area contributed by atoms with Crippen molar-refractivity contribution >= 4 is 21.6 Å². The van der Waals surface area contributed by atoms with Gasteiger partial charge in [-0.2, -0.15) is 0 Å². The minimum Gasteiger partial charge on any atom is -0.388 e. The van der Waals surface area contributed by atoms with E-state index in [-0.39, 0.29) is 23.8 Å². The van der Waals surface area contributed by atoms with E-state index in [2.05, 4.69) is 4.72 Å². The largest absolute Gasteiger partial charge is 0.388 e. The van der Waals surface area contributed by atoms with Crippen LogP contribution in [0.25, 0.3) is 0 Å². The highest BCUT2D eigenvalue weighted by Crippen LogP contribution is 2.30. The van der Waals surface area contributed by atoms with Gasteiger partial charge in [-0.15, -0.1) is 0 Å². The summed E-state index contributed by atoms with van der Waals surface area (Å²) >= 11 is 0. The summed E-state index contributed by atoms with van der Waals surface area (Å²) in [6.07, 6.45) is -3.78. The predicted molar refractivity (Wildman–Crippen MR) is 109 cm³/mol. The number of sulfonamides is 1. The molecular formula is C21H24N2O6S. The topological polar surface area (TPSA) is 116 Å². The van der Waals surface area contributed by atoms with E-state index in [1.165, 1.54) is 12.1 Å². The Morgan fingerprint density at radius 2 is 1.70 bits per heavy atom. The molecule has 0 aromatic heterocycles. The summed E-state index contributed by atoms with van der Waals surface area (Å²) in [6.45, 7) is 0.344. The van der Waals surface area contributed by atoms with Crippen LogP contribution in [-0.4, -0.2) is 62.0 Å². The van der Waals surface area contributed by atoms with Crippen LogP contribution >= 0.6 is 0 Å². The molecule has 2 aliphatic heterocycles. The number of fused-ring (bicyclic) bond motifs is 1. The van der Waals surface area contributed by atoms with Crippen molar-refractivity contribution in [3.63, 3.8) is 0 Å². The van der Waals surface area contributed by atoms with E-state index in [1.54, 1.807) is 23.1 Å². The molecule has 4 atom stereocenters. The van der Waals surface area contributed by atoms with Crippen LogP contribution in [0.5, 0.6) is 0 Å². The Bertz CT molecular complexity index is 1010. The molecule has 0 unspecified atom stereocenters. The summed E-state index contributed by atoms with van der Waals surface area (Å²) in [4.78, 5) is 14.5. The number of aliphatic hydroxyl groups is 2. The molecule has 2 aromatic carbocycles. The van der Waals surface area contributed by atoms with E-state index in [0.29, 0.717) is 6.54 Å². The van der Waals surface area contributed by atoms with Crippen molar-refractivity contribution in [2.45, 2.75) is 42.2 Å². The third-order valence-electron chi connectivity index (χ3n) is 5.55. The molecule has 30 heavy (non-hydrogen) atoms. The smallest absolute Gasteiger partial charge is 0.240 e. The maximum atomic E-state index is 12.8. The maximum Gasteiger partial charge on any atom is 0.240 e. The zero-order valence-corrected chi connectivity index (χ0v) is 17.0. The fourth-order valence-electron chi connectivity index (χ4n) is 3.92. The number of benzene rings is 2. The quantitative estimate of drug-likeness (QED) is 0.610. The molecule has 9 heteroatoms. The number of anilines is 1. The Morgan fingerprint density at radius 3 is 2.47 bits per heavy atom. The highest BCUT2D eigenvalue weighted by atomic mass is 32.2. The number of carbonyl (C=O) groups excluding carboxylic acids is 1. The molecule has 4 rings (SSSR count). The second-order valence-electron chi connectivity index (χ2n) is 7.49. The Labute approximate surface area is 175 Å². The standard InChI is InChI=1S/C21H24N2O6S/c24-19(23-11-10-14-6-4-5-9-16(14)23)12-17-20(25)21(26)18(29-17)13-22-30(27,28)15-7-2-1-3-8-15/h1-9,17-18,20-22,25-26H,10-13H2/t17-,18-,20-,21+/m0/s1. The van der Waals surface area contributed by atoms with Crippen LogP contribution in [0.2, 0.25) is 0 Å². The lowest BCUT2D eigenvalue weighted by Crippen LogP contribution is -2.40. The van der Waals surface area contributed by atoms with Crippen molar-refractivity contribution in [2.75, 3.05) is 18.0 Å². The zero-order chi connectivity index (χ0) is 21.3. The minimum atomic E-state index is -3.77. The van der Waals surface area contributed by atoms with Gasteiger partial charge in [0.2, 0.25) is 15.9 Å². The highest BCUT2D eigenvalue weighted by molar-refractivity contribution is 7.89. The van der Waals surface area contributed by atoms with Crippen molar-refractivity contribution in [3.05, 3.63) is 60.2 Å². The van der Waals surface area contributed by atoms with Gasteiger partial charge in [0, 0.05) is 18.8 Å². The SMILES string of the molecule is O=C(C[C@@H]1O[C@@H](CNS(=O)(=O)c2ccccc2)[C@@H](O)[C@H]1O)N1CCc2ccccc21. The molecule has 0 spiro atoms. The summed E-state index contributed by atoms with van der Waals surface area (Å²) in [7, 11) is -3.77. The van der Waals surface area contributed by atoms with Gasteiger partial charge in [-0.05, 0) is 30.2 Å². The van der Waals surface area contributed by atoms with Crippen molar-refractivity contribution in [1.82, 2.24) is 4.72 Å². The molecule has 160 valence electrons. The summed E-state index contributed by atoms with van der Waals surface area (Å²) in [6, 6.07) is 15.5. The van der Waals surface area contributed by atoms with Gasteiger partial charge in [0.1, 0.15) is 18.3 Å². The number of carbonyl (C=O) groups is 1. The highest BCUT2D eigenvalue weighted by Gasteiger charge is 2.44. The predicted octanol–water partition coefficient (Wildman–Crippen LogP) is 0.433. The fourth-order valence-corrected chi connectivity index (χ4v) is 4.98. The third kappa shape index (κ3) is 4.12. The van der Waals surface area contributed by atoms with Gasteiger partial charge < -0.3 is 19.8 Å². The molecule has 1 saturated heterocycles. The first-order chi connectivity index (χ1) is 14.4. The number of hydrogen-bond acceptors (Lipinski definition) is 6. The normalized spacial score (nSPS) is 26.0. The third-order valence-corrected chi connectivity index (χ3v) is 6.99. The van der Waals surface area contributed by atoms with Crippen molar-refractivity contribution in [3.8, 4) is 0 Å². The van der Waals surface area contributed by atoms with Gasteiger partial charge in [0.05, 0.1) is 17.4 Å². The number of rotatable bonds is 6. The molecule has 2 aromatic rings. The second kappa shape index (κ2) is 8.44. The molecule has 0 bridgehead atoms. The average Bonchev–Trinajstić information content (AvgIpc) is 3.30. The fraction of sp³-hybridized carbons (Fsp3) is 0.381. The second-order valence-corrected chi connectivity index (χ2v) is 9.25. The lowest BCUT2D eigenvalue weighted by atomic mass is 10.1. The Hall–Kier alpha value is -2.30. The molecule has 0 radical (unpaired) electrons. The van der Waals surface area contributed by atoms with E-state index in [9.17, 15) is 23.4 Å². The number of nitrogens with zero attached hydrogens (tertiary/aromatic N) is 1. The summed E-state index contributed by atoms with van der Waals surface area (Å²) in [5.74, 6) is -0.207. The summed E-state index contributed by atoms with van der Waals surface area (Å²) in [5, 5.41) is 20.6. The van der Waals surface area contributed by atoms with E-state index >= 15 is 0 Å². The first-order valence-electron chi connectivity index (χ1n) is 9.81. The zero-order valence-electron chi connectivity index (χ0n) is 16.2. The molecule has 2 aliphatic rings. The van der Waals surface area contributed by atoms with E-state index in [4.69, 9.17) is 4.74 Å². The van der Waals surface area contributed by atoms with Crippen molar-refractivity contribution < 1.29 is 28.2 Å². The molecule has 8 nitrogen and oxygen atoms in total. The lowest BCUT2D eigenvalue weighted by molar-refractivity contribution is -0.122. The first kappa shape index (κ1) is 21.0. The van der Waals surface area contributed by atoms with Crippen LogP contribution in [0.4, 0.5) is 5.69 Å². The van der Waals surface area contributed by atoms with Gasteiger partial charge in [0.25, 0.3) is 0 Å². The number of ether oxygens (including phenoxy) is 1. The number of nitrogens with one attached hydrogen (secondary N) is 1. The van der Waals surface area contributed by atoms with Crippen LogP contribution in [0.3, 0.4) is 0 Å². The molecule has 3 N–H and O–H groups in total. The van der Waals surface area contributed by atoms with Crippen molar-refractivity contribution in [1.29, 1.82) is 0 Å². The minimum absolute atomic E-state index is 0.0949. The van der Waals surface area contributed by atoms with Crippen LogP contribution in [0.15, 0.2) is 59.5 Å². The maximum absolute atomic E-state index is 12.8. The van der Waals surface area contributed by atoms with Gasteiger partial charge in [-0.25, -0.2) is 13.1 Å².